The lowest BCUT2D eigenvalue weighted by Crippen LogP contribution is -2.24. The van der Waals surface area contributed by atoms with E-state index in [1.165, 1.54) is 31.2 Å². The quantitative estimate of drug-likeness (QED) is 0.469. The van der Waals surface area contributed by atoms with Gasteiger partial charge in [-0.1, -0.05) is 18.2 Å². The van der Waals surface area contributed by atoms with Gasteiger partial charge in [0.1, 0.15) is 10.5 Å². The fourth-order valence-corrected chi connectivity index (χ4v) is 4.07. The highest BCUT2D eigenvalue weighted by molar-refractivity contribution is 7.87. The lowest BCUT2D eigenvalue weighted by Gasteiger charge is -2.18. The number of nitrogens with zero attached hydrogens (tertiary/aromatic N) is 1. The van der Waals surface area contributed by atoms with Crippen LogP contribution in [0.2, 0.25) is 0 Å². The largest absolute Gasteiger partial charge is 0.483 e. The van der Waals surface area contributed by atoms with Crippen molar-refractivity contribution in [2.24, 2.45) is 0 Å². The summed E-state index contributed by atoms with van der Waals surface area (Å²) in [6, 6.07) is 8.89. The van der Waals surface area contributed by atoms with Crippen molar-refractivity contribution >= 4 is 15.8 Å². The third-order valence-corrected chi connectivity index (χ3v) is 5.36. The molecule has 0 saturated carbocycles. The Morgan fingerprint density at radius 1 is 1.20 bits per heavy atom. The first kappa shape index (κ1) is 17.2. The maximum absolute atomic E-state index is 12.7. The molecule has 3 rings (SSSR count). The number of nitro benzene ring substituents is 1. The summed E-state index contributed by atoms with van der Waals surface area (Å²) in [5.74, 6) is 0.466. The SMILES string of the molecule is Cc1c([N+](=O)[O-])cccc1S(=O)(=O)Oc1cccc2c1OC(C)(C)C2. The van der Waals surface area contributed by atoms with E-state index in [9.17, 15) is 18.5 Å². The third kappa shape index (κ3) is 3.17. The van der Waals surface area contributed by atoms with E-state index in [-0.39, 0.29) is 21.9 Å². The summed E-state index contributed by atoms with van der Waals surface area (Å²) in [5.41, 5.74) is 0.155. The molecule has 0 N–H and O–H groups in total. The molecular weight excluding hydrogens is 346 g/mol. The van der Waals surface area contributed by atoms with E-state index < -0.39 is 20.6 Å². The van der Waals surface area contributed by atoms with Crippen molar-refractivity contribution in [3.05, 3.63) is 57.6 Å². The van der Waals surface area contributed by atoms with E-state index in [2.05, 4.69) is 0 Å². The van der Waals surface area contributed by atoms with E-state index >= 15 is 0 Å². The zero-order valence-electron chi connectivity index (χ0n) is 14.0. The molecule has 7 nitrogen and oxygen atoms in total. The summed E-state index contributed by atoms with van der Waals surface area (Å²) in [4.78, 5) is 10.2. The Hall–Kier alpha value is -2.61. The number of ether oxygens (including phenoxy) is 1. The van der Waals surface area contributed by atoms with E-state index in [4.69, 9.17) is 8.92 Å². The molecule has 1 aliphatic heterocycles. The molecule has 0 aromatic heterocycles. The summed E-state index contributed by atoms with van der Waals surface area (Å²) in [5, 5.41) is 11.0. The molecule has 0 bridgehead atoms. The van der Waals surface area contributed by atoms with Crippen LogP contribution in [0.25, 0.3) is 0 Å². The zero-order chi connectivity index (χ0) is 18.4. The molecule has 1 heterocycles. The van der Waals surface area contributed by atoms with Crippen molar-refractivity contribution in [1.82, 2.24) is 0 Å². The average Bonchev–Trinajstić information content (AvgIpc) is 2.82. The minimum absolute atomic E-state index is 0.0290. The number of hydrogen-bond acceptors (Lipinski definition) is 6. The van der Waals surface area contributed by atoms with Gasteiger partial charge in [0.05, 0.1) is 4.92 Å². The van der Waals surface area contributed by atoms with E-state index in [0.29, 0.717) is 12.2 Å². The summed E-state index contributed by atoms with van der Waals surface area (Å²) in [7, 11) is -4.24. The molecule has 0 unspecified atom stereocenters. The van der Waals surface area contributed by atoms with Crippen LogP contribution in [0, 0.1) is 17.0 Å². The van der Waals surface area contributed by atoms with Gasteiger partial charge in [-0.25, -0.2) is 0 Å². The lowest BCUT2D eigenvalue weighted by molar-refractivity contribution is -0.385. The standard InChI is InChI=1S/C17H17NO6S/c1-11-13(18(19)20)7-5-9-15(11)25(21,22)24-14-8-4-6-12-10-17(2,3)23-16(12)14/h4-9H,10H2,1-3H3. The highest BCUT2D eigenvalue weighted by Gasteiger charge is 2.34. The molecule has 0 radical (unpaired) electrons. The number of hydrogen-bond donors (Lipinski definition) is 0. The minimum Gasteiger partial charge on any atom is -0.483 e. The number of fused-ring (bicyclic) bond motifs is 1. The van der Waals surface area contributed by atoms with Crippen LogP contribution in [0.5, 0.6) is 11.5 Å². The number of benzene rings is 2. The van der Waals surface area contributed by atoms with Crippen molar-refractivity contribution in [3.8, 4) is 11.5 Å². The summed E-state index contributed by atoms with van der Waals surface area (Å²) in [6.45, 7) is 5.18. The fourth-order valence-electron chi connectivity index (χ4n) is 2.89. The molecule has 1 aliphatic rings. The van der Waals surface area contributed by atoms with E-state index in [1.807, 2.05) is 19.9 Å². The van der Waals surface area contributed by atoms with Crippen LogP contribution >= 0.6 is 0 Å². The van der Waals surface area contributed by atoms with E-state index in [0.717, 1.165) is 5.56 Å². The van der Waals surface area contributed by atoms with Crippen molar-refractivity contribution in [1.29, 1.82) is 0 Å². The molecule has 0 aliphatic carbocycles. The van der Waals surface area contributed by atoms with Gasteiger partial charge in [-0.15, -0.1) is 0 Å². The minimum atomic E-state index is -4.24. The zero-order valence-corrected chi connectivity index (χ0v) is 14.8. The first-order chi connectivity index (χ1) is 11.6. The van der Waals surface area contributed by atoms with Crippen molar-refractivity contribution < 1.29 is 22.3 Å². The van der Waals surface area contributed by atoms with Crippen molar-refractivity contribution in [3.63, 3.8) is 0 Å². The second-order valence-electron chi connectivity index (χ2n) is 6.48. The Morgan fingerprint density at radius 2 is 1.88 bits per heavy atom. The predicted octanol–water partition coefficient (Wildman–Crippen LogP) is 3.38. The Morgan fingerprint density at radius 3 is 2.56 bits per heavy atom. The van der Waals surface area contributed by atoms with Gasteiger partial charge in [0.25, 0.3) is 5.69 Å². The number of rotatable bonds is 4. The van der Waals surface area contributed by atoms with Crippen LogP contribution in [0.3, 0.4) is 0 Å². The van der Waals surface area contributed by atoms with E-state index in [1.54, 1.807) is 6.07 Å². The van der Waals surface area contributed by atoms with Gasteiger partial charge in [-0.2, -0.15) is 8.42 Å². The number of para-hydroxylation sites is 1. The Balaban J connectivity index is 2.02. The smallest absolute Gasteiger partial charge is 0.339 e. The first-order valence-corrected chi connectivity index (χ1v) is 9.01. The summed E-state index contributed by atoms with van der Waals surface area (Å²) < 4.78 is 36.4. The maximum Gasteiger partial charge on any atom is 0.339 e. The lowest BCUT2D eigenvalue weighted by atomic mass is 10.0. The molecule has 2 aromatic rings. The molecule has 0 spiro atoms. The van der Waals surface area contributed by atoms with Gasteiger partial charge in [0.2, 0.25) is 0 Å². The molecule has 0 amide bonds. The highest BCUT2D eigenvalue weighted by Crippen LogP contribution is 2.43. The van der Waals surface area contributed by atoms with Gasteiger partial charge < -0.3 is 8.92 Å². The molecule has 25 heavy (non-hydrogen) atoms. The summed E-state index contributed by atoms with van der Waals surface area (Å²) >= 11 is 0. The van der Waals surface area contributed by atoms with Gasteiger partial charge in [-0.3, -0.25) is 10.1 Å². The Kier molecular flexibility index (Phi) is 3.95. The maximum atomic E-state index is 12.7. The van der Waals surface area contributed by atoms with Crippen LogP contribution in [0.15, 0.2) is 41.3 Å². The molecule has 8 heteroatoms. The van der Waals surface area contributed by atoms with Crippen LogP contribution in [0.4, 0.5) is 5.69 Å². The monoisotopic (exact) mass is 363 g/mol. The number of nitro groups is 1. The van der Waals surface area contributed by atoms with Gasteiger partial charge in [-0.05, 0) is 32.9 Å². The third-order valence-electron chi connectivity index (χ3n) is 3.98. The molecule has 132 valence electrons. The van der Waals surface area contributed by atoms with Gasteiger partial charge in [0.15, 0.2) is 11.5 Å². The normalized spacial score (nSPS) is 15.3. The summed E-state index contributed by atoms with van der Waals surface area (Å²) in [6.07, 6.45) is 0.634. The average molecular weight is 363 g/mol. The van der Waals surface area contributed by atoms with Crippen molar-refractivity contribution in [2.75, 3.05) is 0 Å². The second kappa shape index (κ2) is 5.73. The van der Waals surface area contributed by atoms with Crippen LogP contribution in [-0.2, 0) is 16.5 Å². The topological polar surface area (TPSA) is 95.7 Å². The Labute approximate surface area is 145 Å². The predicted molar refractivity (Wildman–Crippen MR) is 90.5 cm³/mol. The van der Waals surface area contributed by atoms with Crippen molar-refractivity contribution in [2.45, 2.75) is 37.7 Å². The molecule has 0 fully saturated rings. The molecule has 2 aromatic carbocycles. The van der Waals surface area contributed by atoms with Crippen LogP contribution in [-0.4, -0.2) is 18.9 Å². The van der Waals surface area contributed by atoms with Crippen LogP contribution < -0.4 is 8.92 Å². The molecule has 0 atom stereocenters. The van der Waals surface area contributed by atoms with Crippen LogP contribution in [0.1, 0.15) is 25.0 Å². The highest BCUT2D eigenvalue weighted by atomic mass is 32.2. The Bertz CT molecular complexity index is 965. The molecular formula is C17H17NO6S. The molecule has 0 saturated heterocycles. The fraction of sp³-hybridized carbons (Fsp3) is 0.294. The second-order valence-corrected chi connectivity index (χ2v) is 7.99. The first-order valence-electron chi connectivity index (χ1n) is 7.60. The van der Waals surface area contributed by atoms with Gasteiger partial charge in [0, 0.05) is 23.6 Å². The van der Waals surface area contributed by atoms with Gasteiger partial charge >= 0.3 is 10.1 Å².